The highest BCUT2D eigenvalue weighted by Crippen LogP contribution is 2.30. The van der Waals surface area contributed by atoms with Crippen LogP contribution in [0.1, 0.15) is 39.0 Å². The number of oxime groups is 1. The van der Waals surface area contributed by atoms with E-state index in [0.717, 1.165) is 32.0 Å². The summed E-state index contributed by atoms with van der Waals surface area (Å²) < 4.78 is 6.17. The molecule has 0 aromatic carbocycles. The van der Waals surface area contributed by atoms with Gasteiger partial charge in [0.15, 0.2) is 6.61 Å². The van der Waals surface area contributed by atoms with Gasteiger partial charge in [-0.15, -0.1) is 0 Å². The molecule has 2 atom stereocenters. The standard InChI is InChI=1S/C15H27N3O2/c1-15(6-5-7-16-12-15)14-17-19-11-13(20-14)10-18-8-3-2-4-9-18/h13,16H,2-12H2,1H3/t13-,15-/m1/s1. The van der Waals surface area contributed by atoms with Gasteiger partial charge in [-0.3, -0.25) is 4.90 Å². The molecule has 3 aliphatic rings. The Morgan fingerprint density at radius 2 is 2.15 bits per heavy atom. The van der Waals surface area contributed by atoms with Gasteiger partial charge in [0, 0.05) is 13.1 Å². The van der Waals surface area contributed by atoms with Crippen LogP contribution in [-0.2, 0) is 9.57 Å². The van der Waals surface area contributed by atoms with Crippen LogP contribution in [0, 0.1) is 5.41 Å². The highest BCUT2D eigenvalue weighted by Gasteiger charge is 2.38. The summed E-state index contributed by atoms with van der Waals surface area (Å²) in [7, 11) is 0. The molecule has 20 heavy (non-hydrogen) atoms. The van der Waals surface area contributed by atoms with Gasteiger partial charge in [-0.25, -0.2) is 0 Å². The number of hydrogen-bond acceptors (Lipinski definition) is 5. The van der Waals surface area contributed by atoms with Crippen molar-refractivity contribution in [3.63, 3.8) is 0 Å². The molecule has 2 saturated heterocycles. The zero-order valence-electron chi connectivity index (χ0n) is 12.6. The first-order chi connectivity index (χ1) is 9.76. The predicted octanol–water partition coefficient (Wildman–Crippen LogP) is 1.59. The SMILES string of the molecule is C[C@@]1(C2=NOC[C@@H](CN3CCCCC3)O2)CCCNC1. The van der Waals surface area contributed by atoms with Crippen LogP contribution in [0.15, 0.2) is 5.16 Å². The first kappa shape index (κ1) is 14.1. The highest BCUT2D eigenvalue weighted by atomic mass is 16.7. The van der Waals surface area contributed by atoms with E-state index in [-0.39, 0.29) is 11.5 Å². The Hall–Kier alpha value is -0.810. The summed E-state index contributed by atoms with van der Waals surface area (Å²) >= 11 is 0. The van der Waals surface area contributed by atoms with Gasteiger partial charge < -0.3 is 14.9 Å². The summed E-state index contributed by atoms with van der Waals surface area (Å²) in [4.78, 5) is 7.97. The number of nitrogens with zero attached hydrogens (tertiary/aromatic N) is 2. The lowest BCUT2D eigenvalue weighted by molar-refractivity contribution is -0.0222. The molecule has 0 saturated carbocycles. The molecule has 2 fully saturated rings. The maximum atomic E-state index is 6.17. The van der Waals surface area contributed by atoms with Crippen molar-refractivity contribution >= 4 is 5.90 Å². The van der Waals surface area contributed by atoms with E-state index in [1.807, 2.05) is 0 Å². The third-order valence-corrected chi connectivity index (χ3v) is 4.71. The molecule has 1 N–H and O–H groups in total. The van der Waals surface area contributed by atoms with Crippen LogP contribution >= 0.6 is 0 Å². The van der Waals surface area contributed by atoms with Crippen LogP contribution in [-0.4, -0.2) is 56.2 Å². The number of piperidine rings is 2. The summed E-state index contributed by atoms with van der Waals surface area (Å²) in [6.07, 6.45) is 6.44. The fourth-order valence-corrected chi connectivity index (χ4v) is 3.40. The summed E-state index contributed by atoms with van der Waals surface area (Å²) in [6, 6.07) is 0. The fourth-order valence-electron chi connectivity index (χ4n) is 3.40. The van der Waals surface area contributed by atoms with E-state index >= 15 is 0 Å². The van der Waals surface area contributed by atoms with E-state index in [1.54, 1.807) is 0 Å². The number of likely N-dealkylation sites (tertiary alicyclic amines) is 1. The second kappa shape index (κ2) is 6.31. The molecule has 0 aliphatic carbocycles. The van der Waals surface area contributed by atoms with Crippen LogP contribution in [0.3, 0.4) is 0 Å². The average molecular weight is 281 g/mol. The highest BCUT2D eigenvalue weighted by molar-refractivity contribution is 5.82. The zero-order chi connectivity index (χ0) is 13.8. The second-order valence-electron chi connectivity index (χ2n) is 6.63. The van der Waals surface area contributed by atoms with Crippen LogP contribution < -0.4 is 5.32 Å². The topological polar surface area (TPSA) is 46.1 Å². The van der Waals surface area contributed by atoms with Gasteiger partial charge in [-0.2, -0.15) is 0 Å². The Morgan fingerprint density at radius 3 is 2.90 bits per heavy atom. The molecule has 3 aliphatic heterocycles. The molecule has 0 aromatic rings. The molecule has 114 valence electrons. The van der Waals surface area contributed by atoms with E-state index < -0.39 is 0 Å². The van der Waals surface area contributed by atoms with E-state index in [4.69, 9.17) is 9.57 Å². The van der Waals surface area contributed by atoms with Gasteiger partial charge in [0.25, 0.3) is 0 Å². The largest absolute Gasteiger partial charge is 0.470 e. The molecule has 5 heteroatoms. The van der Waals surface area contributed by atoms with Gasteiger partial charge in [-0.1, -0.05) is 11.6 Å². The molecule has 0 amide bonds. The van der Waals surface area contributed by atoms with E-state index in [2.05, 4.69) is 22.3 Å². The van der Waals surface area contributed by atoms with Crippen LogP contribution in [0.4, 0.5) is 0 Å². The minimum Gasteiger partial charge on any atom is -0.470 e. The van der Waals surface area contributed by atoms with Gasteiger partial charge in [-0.05, 0) is 52.2 Å². The van der Waals surface area contributed by atoms with Gasteiger partial charge in [0.05, 0.1) is 5.41 Å². The summed E-state index contributed by atoms with van der Waals surface area (Å²) in [5, 5.41) is 7.65. The lowest BCUT2D eigenvalue weighted by Gasteiger charge is -2.38. The molecule has 0 bridgehead atoms. The fraction of sp³-hybridized carbons (Fsp3) is 0.933. The Balaban J connectivity index is 1.56. The third-order valence-electron chi connectivity index (χ3n) is 4.71. The summed E-state index contributed by atoms with van der Waals surface area (Å²) in [6.45, 7) is 8.22. The van der Waals surface area contributed by atoms with Gasteiger partial charge in [0.2, 0.25) is 5.90 Å². The molecular weight excluding hydrogens is 254 g/mol. The molecule has 0 spiro atoms. The van der Waals surface area contributed by atoms with Gasteiger partial charge in [0.1, 0.15) is 6.10 Å². The summed E-state index contributed by atoms with van der Waals surface area (Å²) in [5.41, 5.74) is -0.00117. The van der Waals surface area contributed by atoms with E-state index in [1.165, 1.54) is 38.8 Å². The second-order valence-corrected chi connectivity index (χ2v) is 6.63. The minimum absolute atomic E-state index is 0.00117. The van der Waals surface area contributed by atoms with Crippen molar-refractivity contribution in [2.24, 2.45) is 10.6 Å². The van der Waals surface area contributed by atoms with Crippen molar-refractivity contribution in [2.75, 3.05) is 39.3 Å². The Bertz CT molecular complexity index is 347. The average Bonchev–Trinajstić information content (AvgIpc) is 2.49. The molecular formula is C15H27N3O2. The summed E-state index contributed by atoms with van der Waals surface area (Å²) in [5.74, 6) is 0.804. The van der Waals surface area contributed by atoms with Crippen LogP contribution in [0.25, 0.3) is 0 Å². The molecule has 0 radical (unpaired) electrons. The molecule has 0 aromatic heterocycles. The maximum Gasteiger partial charge on any atom is 0.233 e. The smallest absolute Gasteiger partial charge is 0.233 e. The Labute approximate surface area is 121 Å². The van der Waals surface area contributed by atoms with E-state index in [0.29, 0.717) is 6.61 Å². The number of nitrogens with one attached hydrogen (secondary N) is 1. The van der Waals surface area contributed by atoms with Crippen LogP contribution in [0.2, 0.25) is 0 Å². The maximum absolute atomic E-state index is 6.17. The van der Waals surface area contributed by atoms with Crippen molar-refractivity contribution in [1.29, 1.82) is 0 Å². The van der Waals surface area contributed by atoms with Crippen molar-refractivity contribution in [3.05, 3.63) is 0 Å². The van der Waals surface area contributed by atoms with Crippen LogP contribution in [0.5, 0.6) is 0 Å². The molecule has 3 rings (SSSR count). The number of rotatable bonds is 3. The minimum atomic E-state index is -0.00117. The first-order valence-corrected chi connectivity index (χ1v) is 8.06. The predicted molar refractivity (Wildman–Crippen MR) is 78.8 cm³/mol. The van der Waals surface area contributed by atoms with Gasteiger partial charge >= 0.3 is 0 Å². The molecule has 5 nitrogen and oxygen atoms in total. The van der Waals surface area contributed by atoms with Crippen molar-refractivity contribution in [1.82, 2.24) is 10.2 Å². The first-order valence-electron chi connectivity index (χ1n) is 8.06. The van der Waals surface area contributed by atoms with Crippen molar-refractivity contribution < 1.29 is 9.57 Å². The lowest BCUT2D eigenvalue weighted by Crippen LogP contribution is -2.49. The number of hydrogen-bond donors (Lipinski definition) is 1. The quantitative estimate of drug-likeness (QED) is 0.853. The third kappa shape index (κ3) is 3.26. The zero-order valence-corrected chi connectivity index (χ0v) is 12.6. The molecule has 0 unspecified atom stereocenters. The normalized spacial score (nSPS) is 35.9. The lowest BCUT2D eigenvalue weighted by atomic mass is 9.82. The monoisotopic (exact) mass is 281 g/mol. The molecule has 3 heterocycles. The van der Waals surface area contributed by atoms with E-state index in [9.17, 15) is 0 Å². The Kier molecular flexibility index (Phi) is 4.46. The van der Waals surface area contributed by atoms with Crippen molar-refractivity contribution in [2.45, 2.75) is 45.1 Å². The van der Waals surface area contributed by atoms with Crippen molar-refractivity contribution in [3.8, 4) is 0 Å². The Morgan fingerprint density at radius 1 is 1.30 bits per heavy atom. The number of ether oxygens (including phenoxy) is 1.